The van der Waals surface area contributed by atoms with Crippen molar-refractivity contribution in [3.05, 3.63) is 74.7 Å². The number of aliphatic imine (C=N–C) groups is 1. The lowest BCUT2D eigenvalue weighted by Crippen LogP contribution is -2.05. The number of esters is 1. The monoisotopic (exact) mass is 445 g/mol. The number of rotatable bonds is 2. The zero-order valence-electron chi connectivity index (χ0n) is 12.1. The Labute approximate surface area is 154 Å². The van der Waals surface area contributed by atoms with E-state index in [0.29, 0.717) is 16.3 Å². The maximum atomic E-state index is 12.0. The first kappa shape index (κ1) is 15.4. The smallest absolute Gasteiger partial charge is 0.363 e. The summed E-state index contributed by atoms with van der Waals surface area (Å²) < 4.78 is 12.1. The van der Waals surface area contributed by atoms with Crippen LogP contribution < -0.4 is 0 Å². The van der Waals surface area contributed by atoms with Gasteiger partial charge in [0.1, 0.15) is 5.76 Å². The fraction of sp³-hybridized carbons (Fsp3) is 0. The number of carbonyl (C=O) groups excluding carboxylic acids is 1. The summed E-state index contributed by atoms with van der Waals surface area (Å²) in [5.41, 5.74) is 0.958. The zero-order valence-corrected chi connectivity index (χ0v) is 15.3. The van der Waals surface area contributed by atoms with Gasteiger partial charge in [0.25, 0.3) is 0 Å². The van der Waals surface area contributed by atoms with Crippen molar-refractivity contribution in [3.63, 3.8) is 0 Å². The highest BCUT2D eigenvalue weighted by Crippen LogP contribution is 2.29. The Bertz CT molecular complexity index is 1010. The van der Waals surface area contributed by atoms with Crippen LogP contribution >= 0.6 is 31.9 Å². The lowest BCUT2D eigenvalue weighted by atomic mass is 10.1. The first-order valence-electron chi connectivity index (χ1n) is 7.07. The van der Waals surface area contributed by atoms with Crippen molar-refractivity contribution in [2.75, 3.05) is 0 Å². The Morgan fingerprint density at radius 2 is 1.79 bits per heavy atom. The molecular formula is C18H9Br2NO3. The number of cyclic esters (lactones) is 1. The number of fused-ring (bicyclic) bond motifs is 1. The summed E-state index contributed by atoms with van der Waals surface area (Å²) in [5.74, 6) is 0.299. The second-order valence-electron chi connectivity index (χ2n) is 5.17. The molecule has 1 aromatic heterocycles. The fourth-order valence-corrected chi connectivity index (χ4v) is 3.03. The highest BCUT2D eigenvalue weighted by Gasteiger charge is 2.25. The molecule has 0 aliphatic carbocycles. The van der Waals surface area contributed by atoms with Gasteiger partial charge >= 0.3 is 5.97 Å². The molecule has 4 rings (SSSR count). The molecule has 0 bridgehead atoms. The van der Waals surface area contributed by atoms with E-state index in [4.69, 9.17) is 9.15 Å². The average Bonchev–Trinajstić information content (AvgIpc) is 3.10. The van der Waals surface area contributed by atoms with Gasteiger partial charge < -0.3 is 9.15 Å². The highest BCUT2D eigenvalue weighted by molar-refractivity contribution is 9.13. The maximum Gasteiger partial charge on any atom is 0.363 e. The van der Waals surface area contributed by atoms with Gasteiger partial charge in [0.2, 0.25) is 5.90 Å². The Hall–Kier alpha value is -2.18. The van der Waals surface area contributed by atoms with Crippen LogP contribution in [0.15, 0.2) is 72.8 Å². The third-order valence-electron chi connectivity index (χ3n) is 3.56. The zero-order chi connectivity index (χ0) is 16.7. The quantitative estimate of drug-likeness (QED) is 0.396. The molecule has 0 saturated carbocycles. The summed E-state index contributed by atoms with van der Waals surface area (Å²) in [4.78, 5) is 16.3. The number of benzene rings is 2. The van der Waals surface area contributed by atoms with Crippen LogP contribution in [0.3, 0.4) is 0 Å². The van der Waals surface area contributed by atoms with E-state index in [2.05, 4.69) is 36.9 Å². The average molecular weight is 447 g/mol. The van der Waals surface area contributed by atoms with Gasteiger partial charge in [0.05, 0.1) is 4.47 Å². The van der Waals surface area contributed by atoms with Gasteiger partial charge in [-0.2, -0.15) is 0 Å². The molecule has 2 heterocycles. The van der Waals surface area contributed by atoms with Crippen molar-refractivity contribution in [1.29, 1.82) is 0 Å². The lowest BCUT2D eigenvalue weighted by Gasteiger charge is -2.02. The van der Waals surface area contributed by atoms with E-state index >= 15 is 0 Å². The van der Waals surface area contributed by atoms with E-state index in [1.807, 2.05) is 42.5 Å². The molecule has 118 valence electrons. The molecule has 0 fully saturated rings. The predicted molar refractivity (Wildman–Crippen MR) is 98.7 cm³/mol. The summed E-state index contributed by atoms with van der Waals surface area (Å²) in [7, 11) is 0. The summed E-state index contributed by atoms with van der Waals surface area (Å²) >= 11 is 6.59. The normalized spacial score (nSPS) is 15.8. The molecule has 1 aliphatic rings. The largest absolute Gasteiger partial charge is 0.449 e. The van der Waals surface area contributed by atoms with Gasteiger partial charge in [-0.25, -0.2) is 9.79 Å². The Balaban J connectivity index is 1.71. The number of carbonyl (C=O) groups is 1. The van der Waals surface area contributed by atoms with Crippen molar-refractivity contribution in [2.45, 2.75) is 0 Å². The minimum absolute atomic E-state index is 0.201. The van der Waals surface area contributed by atoms with E-state index in [1.54, 1.807) is 12.1 Å². The van der Waals surface area contributed by atoms with Crippen LogP contribution in [0.25, 0.3) is 16.8 Å². The van der Waals surface area contributed by atoms with Gasteiger partial charge in [0, 0.05) is 11.6 Å². The summed E-state index contributed by atoms with van der Waals surface area (Å²) in [6.07, 6.45) is 1.55. The molecule has 0 radical (unpaired) electrons. The van der Waals surface area contributed by atoms with Crippen LogP contribution in [0.5, 0.6) is 0 Å². The Morgan fingerprint density at radius 3 is 2.54 bits per heavy atom. The van der Waals surface area contributed by atoms with Crippen molar-refractivity contribution in [2.24, 2.45) is 4.99 Å². The minimum Gasteiger partial charge on any atom is -0.449 e. The molecule has 0 amide bonds. The molecule has 24 heavy (non-hydrogen) atoms. The first-order chi connectivity index (χ1) is 11.6. The predicted octanol–water partition coefficient (Wildman–Crippen LogP) is 5.30. The molecule has 6 heteroatoms. The number of hydrogen-bond acceptors (Lipinski definition) is 4. The maximum absolute atomic E-state index is 12.0. The van der Waals surface area contributed by atoms with Crippen molar-refractivity contribution in [1.82, 2.24) is 0 Å². The van der Waals surface area contributed by atoms with E-state index in [1.165, 1.54) is 0 Å². The molecule has 1 aliphatic heterocycles. The molecule has 3 aromatic rings. The lowest BCUT2D eigenvalue weighted by molar-refractivity contribution is -0.129. The number of hydrogen-bond donors (Lipinski definition) is 0. The highest BCUT2D eigenvalue weighted by atomic mass is 79.9. The van der Waals surface area contributed by atoms with Crippen LogP contribution in [-0.4, -0.2) is 11.9 Å². The summed E-state index contributed by atoms with van der Waals surface area (Å²) in [5, 5.41) is 2.18. The van der Waals surface area contributed by atoms with Crippen LogP contribution in [0, 0.1) is 0 Å². The standard InChI is InChI=1S/C18H9Br2NO3/c19-14-8-13(23-16(14)20)9-15-18(22)24-17(21-15)12-6-5-10-3-1-2-4-11(10)7-12/h1-9H/b15-9-. The fourth-order valence-electron chi connectivity index (χ4n) is 2.42. The third-order valence-corrected chi connectivity index (χ3v) is 5.27. The summed E-state index contributed by atoms with van der Waals surface area (Å²) in [6, 6.07) is 15.5. The first-order valence-corrected chi connectivity index (χ1v) is 8.65. The van der Waals surface area contributed by atoms with Gasteiger partial charge in [-0.05, 0) is 60.8 Å². The van der Waals surface area contributed by atoms with Crippen LogP contribution in [0.4, 0.5) is 0 Å². The van der Waals surface area contributed by atoms with Crippen molar-refractivity contribution >= 4 is 60.6 Å². The van der Waals surface area contributed by atoms with Crippen LogP contribution in [0.2, 0.25) is 0 Å². The van der Waals surface area contributed by atoms with Crippen molar-refractivity contribution in [3.8, 4) is 0 Å². The molecule has 4 nitrogen and oxygen atoms in total. The van der Waals surface area contributed by atoms with Gasteiger partial charge in [-0.1, -0.05) is 30.3 Å². The summed E-state index contributed by atoms with van der Waals surface area (Å²) in [6.45, 7) is 0. The Kier molecular flexibility index (Phi) is 3.86. The number of furan rings is 1. The van der Waals surface area contributed by atoms with E-state index < -0.39 is 5.97 Å². The SMILES string of the molecule is O=C1OC(c2ccc3ccccc3c2)=N/C1=C\c1cc(Br)c(Br)o1. The molecule has 0 unspecified atom stereocenters. The molecule has 0 saturated heterocycles. The molecular weight excluding hydrogens is 438 g/mol. The minimum atomic E-state index is -0.498. The number of nitrogens with zero attached hydrogens (tertiary/aromatic N) is 1. The van der Waals surface area contributed by atoms with E-state index in [-0.39, 0.29) is 5.70 Å². The molecule has 2 aromatic carbocycles. The van der Waals surface area contributed by atoms with Gasteiger partial charge in [-0.3, -0.25) is 0 Å². The van der Waals surface area contributed by atoms with Crippen LogP contribution in [0.1, 0.15) is 11.3 Å². The van der Waals surface area contributed by atoms with E-state index in [9.17, 15) is 4.79 Å². The van der Waals surface area contributed by atoms with Crippen molar-refractivity contribution < 1.29 is 13.9 Å². The Morgan fingerprint density at radius 1 is 1.00 bits per heavy atom. The third kappa shape index (κ3) is 2.83. The molecule has 0 spiro atoms. The van der Waals surface area contributed by atoms with E-state index in [0.717, 1.165) is 20.8 Å². The van der Waals surface area contributed by atoms with Crippen LogP contribution in [-0.2, 0) is 9.53 Å². The second-order valence-corrected chi connectivity index (χ2v) is 6.74. The molecule has 0 atom stereocenters. The second kappa shape index (κ2) is 6.03. The van der Waals surface area contributed by atoms with Gasteiger partial charge in [0.15, 0.2) is 10.4 Å². The van der Waals surface area contributed by atoms with Gasteiger partial charge in [-0.15, -0.1) is 0 Å². The topological polar surface area (TPSA) is 51.8 Å². The molecule has 0 N–H and O–H groups in total. The number of halogens is 2. The number of ether oxygens (including phenoxy) is 1.